The number of piperazine rings is 1. The molecule has 1 unspecified atom stereocenters. The van der Waals surface area contributed by atoms with E-state index in [2.05, 4.69) is 23.5 Å². The molecular weight excluding hydrogens is 296 g/mol. The van der Waals surface area contributed by atoms with Gasteiger partial charge in [-0.2, -0.15) is 0 Å². The SMILES string of the molecule is CC(C)(C)OC(=O)N1CCNCC1c1cc2ccccc2s1. The van der Waals surface area contributed by atoms with E-state index >= 15 is 0 Å². The number of nitrogens with one attached hydrogen (secondary N) is 1. The lowest BCUT2D eigenvalue weighted by Gasteiger charge is -2.36. The van der Waals surface area contributed by atoms with E-state index in [-0.39, 0.29) is 12.1 Å². The van der Waals surface area contributed by atoms with Crippen LogP contribution in [-0.2, 0) is 4.74 Å². The standard InChI is InChI=1S/C17H22N2O2S/c1-17(2,3)21-16(20)19-9-8-18-11-13(19)15-10-12-6-4-5-7-14(12)22-15/h4-7,10,13,18H,8-9,11H2,1-3H3. The fourth-order valence-electron chi connectivity index (χ4n) is 2.66. The highest BCUT2D eigenvalue weighted by Gasteiger charge is 2.32. The molecule has 0 saturated carbocycles. The second-order valence-electron chi connectivity index (χ2n) is 6.58. The number of hydrogen-bond donors (Lipinski definition) is 1. The molecule has 1 aliphatic rings. The van der Waals surface area contributed by atoms with Crippen LogP contribution < -0.4 is 5.32 Å². The Labute approximate surface area is 135 Å². The van der Waals surface area contributed by atoms with Gasteiger partial charge in [0.05, 0.1) is 6.04 Å². The maximum atomic E-state index is 12.5. The van der Waals surface area contributed by atoms with Crippen molar-refractivity contribution in [3.05, 3.63) is 35.2 Å². The van der Waals surface area contributed by atoms with Crippen LogP contribution in [-0.4, -0.2) is 36.2 Å². The van der Waals surface area contributed by atoms with Crippen molar-refractivity contribution >= 4 is 27.5 Å². The van der Waals surface area contributed by atoms with Crippen molar-refractivity contribution in [2.75, 3.05) is 19.6 Å². The molecule has 1 aromatic carbocycles. The fourth-order valence-corrected chi connectivity index (χ4v) is 3.84. The third-order valence-corrected chi connectivity index (χ3v) is 4.86. The number of rotatable bonds is 1. The molecule has 2 aromatic rings. The van der Waals surface area contributed by atoms with Gasteiger partial charge in [0.1, 0.15) is 5.60 Å². The Morgan fingerprint density at radius 1 is 1.36 bits per heavy atom. The topological polar surface area (TPSA) is 41.6 Å². The van der Waals surface area contributed by atoms with Crippen LogP contribution >= 0.6 is 11.3 Å². The lowest BCUT2D eigenvalue weighted by molar-refractivity contribution is 0.0122. The third kappa shape index (κ3) is 3.25. The summed E-state index contributed by atoms with van der Waals surface area (Å²) in [7, 11) is 0. The molecule has 0 bridgehead atoms. The summed E-state index contributed by atoms with van der Waals surface area (Å²) >= 11 is 1.75. The van der Waals surface area contributed by atoms with Crippen LogP contribution in [0.5, 0.6) is 0 Å². The first kappa shape index (κ1) is 15.3. The van der Waals surface area contributed by atoms with Crippen LogP contribution in [0.2, 0.25) is 0 Å². The van der Waals surface area contributed by atoms with Gasteiger partial charge >= 0.3 is 6.09 Å². The molecule has 118 valence electrons. The number of thiophene rings is 1. The van der Waals surface area contributed by atoms with Crippen LogP contribution in [0.3, 0.4) is 0 Å². The monoisotopic (exact) mass is 318 g/mol. The van der Waals surface area contributed by atoms with E-state index in [1.165, 1.54) is 15.0 Å². The summed E-state index contributed by atoms with van der Waals surface area (Å²) in [6, 6.07) is 10.6. The van der Waals surface area contributed by atoms with Crippen LogP contribution in [0.4, 0.5) is 4.79 Å². The molecular formula is C17H22N2O2S. The molecule has 5 heteroatoms. The molecule has 1 amide bonds. The highest BCUT2D eigenvalue weighted by atomic mass is 32.1. The summed E-state index contributed by atoms with van der Waals surface area (Å²) in [5, 5.41) is 4.62. The molecule has 1 fully saturated rings. The summed E-state index contributed by atoms with van der Waals surface area (Å²) in [5.41, 5.74) is -0.466. The quantitative estimate of drug-likeness (QED) is 0.870. The Hall–Kier alpha value is -1.59. The van der Waals surface area contributed by atoms with Crippen molar-refractivity contribution in [3.8, 4) is 0 Å². The van der Waals surface area contributed by atoms with Crippen LogP contribution in [0, 0.1) is 0 Å². The van der Waals surface area contributed by atoms with Crippen molar-refractivity contribution < 1.29 is 9.53 Å². The molecule has 0 aliphatic carbocycles. The first-order valence-electron chi connectivity index (χ1n) is 7.63. The Balaban J connectivity index is 1.87. The van der Waals surface area contributed by atoms with Gasteiger partial charge in [0.25, 0.3) is 0 Å². The number of benzene rings is 1. The van der Waals surface area contributed by atoms with E-state index in [1.54, 1.807) is 11.3 Å². The Morgan fingerprint density at radius 2 is 2.14 bits per heavy atom. The van der Waals surface area contributed by atoms with Gasteiger partial charge in [-0.1, -0.05) is 18.2 Å². The number of carbonyl (C=O) groups is 1. The van der Waals surface area contributed by atoms with Crippen LogP contribution in [0.15, 0.2) is 30.3 Å². The van der Waals surface area contributed by atoms with Crippen molar-refractivity contribution in [3.63, 3.8) is 0 Å². The molecule has 2 heterocycles. The van der Waals surface area contributed by atoms with E-state index in [0.29, 0.717) is 6.54 Å². The second-order valence-corrected chi connectivity index (χ2v) is 7.70. The van der Waals surface area contributed by atoms with E-state index in [0.717, 1.165) is 13.1 Å². The number of ether oxygens (including phenoxy) is 1. The zero-order chi connectivity index (χ0) is 15.7. The Morgan fingerprint density at radius 3 is 2.86 bits per heavy atom. The molecule has 22 heavy (non-hydrogen) atoms. The van der Waals surface area contributed by atoms with Crippen molar-refractivity contribution in [2.45, 2.75) is 32.4 Å². The Kier molecular flexibility index (Phi) is 4.10. The number of carbonyl (C=O) groups excluding carboxylic acids is 1. The van der Waals surface area contributed by atoms with Crippen LogP contribution in [0.25, 0.3) is 10.1 Å². The average Bonchev–Trinajstić information content (AvgIpc) is 2.89. The zero-order valence-electron chi connectivity index (χ0n) is 13.3. The largest absolute Gasteiger partial charge is 0.444 e. The van der Waals surface area contributed by atoms with E-state index in [4.69, 9.17) is 4.74 Å². The van der Waals surface area contributed by atoms with Gasteiger partial charge in [-0.05, 0) is 38.3 Å². The Bertz CT molecular complexity index is 642. The van der Waals surface area contributed by atoms with Crippen molar-refractivity contribution in [1.82, 2.24) is 10.2 Å². The van der Waals surface area contributed by atoms with Crippen LogP contribution in [0.1, 0.15) is 31.7 Å². The predicted octanol–water partition coefficient (Wildman–Crippen LogP) is 3.78. The molecule has 1 N–H and O–H groups in total. The van der Waals surface area contributed by atoms with Gasteiger partial charge < -0.3 is 10.1 Å². The van der Waals surface area contributed by atoms with E-state index < -0.39 is 5.60 Å². The predicted molar refractivity (Wildman–Crippen MR) is 90.4 cm³/mol. The molecule has 3 rings (SSSR count). The summed E-state index contributed by atoms with van der Waals surface area (Å²) in [5.74, 6) is 0. The lowest BCUT2D eigenvalue weighted by atomic mass is 10.1. The minimum absolute atomic E-state index is 0.0426. The average molecular weight is 318 g/mol. The highest BCUT2D eigenvalue weighted by Crippen LogP contribution is 2.34. The molecule has 1 aromatic heterocycles. The highest BCUT2D eigenvalue weighted by molar-refractivity contribution is 7.19. The summed E-state index contributed by atoms with van der Waals surface area (Å²) in [4.78, 5) is 15.6. The van der Waals surface area contributed by atoms with Crippen molar-refractivity contribution in [2.24, 2.45) is 0 Å². The summed E-state index contributed by atoms with van der Waals surface area (Å²) in [6.45, 7) is 7.96. The first-order valence-corrected chi connectivity index (χ1v) is 8.44. The fraction of sp³-hybridized carbons (Fsp3) is 0.471. The third-order valence-electron chi connectivity index (χ3n) is 3.64. The summed E-state index contributed by atoms with van der Waals surface area (Å²) in [6.07, 6.45) is -0.226. The molecule has 4 nitrogen and oxygen atoms in total. The van der Waals surface area contributed by atoms with Gasteiger partial charge in [-0.15, -0.1) is 11.3 Å². The van der Waals surface area contributed by atoms with Gasteiger partial charge in [0, 0.05) is 29.2 Å². The molecule has 0 spiro atoms. The number of amides is 1. The number of fused-ring (bicyclic) bond motifs is 1. The molecule has 1 aliphatic heterocycles. The maximum absolute atomic E-state index is 12.5. The van der Waals surface area contributed by atoms with Gasteiger partial charge in [0.15, 0.2) is 0 Å². The van der Waals surface area contributed by atoms with Gasteiger partial charge in [-0.25, -0.2) is 4.79 Å². The molecule has 0 radical (unpaired) electrons. The molecule has 1 atom stereocenters. The summed E-state index contributed by atoms with van der Waals surface area (Å²) < 4.78 is 6.82. The lowest BCUT2D eigenvalue weighted by Crippen LogP contribution is -2.49. The van der Waals surface area contributed by atoms with Gasteiger partial charge in [-0.3, -0.25) is 4.90 Å². The van der Waals surface area contributed by atoms with E-state index in [1.807, 2.05) is 37.8 Å². The molecule has 1 saturated heterocycles. The van der Waals surface area contributed by atoms with E-state index in [9.17, 15) is 4.79 Å². The van der Waals surface area contributed by atoms with Crippen molar-refractivity contribution in [1.29, 1.82) is 0 Å². The minimum Gasteiger partial charge on any atom is -0.444 e. The van der Waals surface area contributed by atoms with Gasteiger partial charge in [0.2, 0.25) is 0 Å². The minimum atomic E-state index is -0.466. The normalized spacial score (nSPS) is 19.4. The zero-order valence-corrected chi connectivity index (χ0v) is 14.1. The number of nitrogens with zero attached hydrogens (tertiary/aromatic N) is 1. The number of hydrogen-bond acceptors (Lipinski definition) is 4. The smallest absolute Gasteiger partial charge is 0.410 e. The maximum Gasteiger partial charge on any atom is 0.410 e. The second kappa shape index (κ2) is 5.89. The first-order chi connectivity index (χ1) is 10.4.